The zero-order valence-corrected chi connectivity index (χ0v) is 9.52. The van der Waals surface area contributed by atoms with Crippen molar-refractivity contribution < 1.29 is 8.42 Å². The Morgan fingerprint density at radius 3 is 2.36 bits per heavy atom. The Bertz CT molecular complexity index is 293. The largest absolute Gasteiger partial charge is 0.213 e. The lowest BCUT2D eigenvalue weighted by Crippen LogP contribution is -2.27. The van der Waals surface area contributed by atoms with Crippen molar-refractivity contribution in [3.8, 4) is 0 Å². The first-order chi connectivity index (χ1) is 6.56. The summed E-state index contributed by atoms with van der Waals surface area (Å²) in [5.74, 6) is 1.44. The maximum atomic E-state index is 11.0. The van der Waals surface area contributed by atoms with Crippen LogP contribution < -0.4 is 4.72 Å². The van der Waals surface area contributed by atoms with Gasteiger partial charge in [0.1, 0.15) is 0 Å². The second-order valence-electron chi connectivity index (χ2n) is 4.79. The van der Waals surface area contributed by atoms with Gasteiger partial charge in [-0.05, 0) is 18.3 Å². The van der Waals surface area contributed by atoms with Crippen molar-refractivity contribution >= 4 is 10.0 Å². The zero-order valence-electron chi connectivity index (χ0n) is 8.70. The van der Waals surface area contributed by atoms with E-state index in [0.29, 0.717) is 5.92 Å². The van der Waals surface area contributed by atoms with Crippen LogP contribution in [0.1, 0.15) is 38.5 Å². The normalized spacial score (nSPS) is 34.4. The molecular formula is C10H19NO2S. The molecule has 0 aromatic rings. The van der Waals surface area contributed by atoms with Gasteiger partial charge in [-0.15, -0.1) is 0 Å². The van der Waals surface area contributed by atoms with Crippen LogP contribution >= 0.6 is 0 Å². The zero-order chi connectivity index (χ0) is 10.2. The van der Waals surface area contributed by atoms with Crippen LogP contribution in [0.4, 0.5) is 0 Å². The fraction of sp³-hybridized carbons (Fsp3) is 1.00. The summed E-state index contributed by atoms with van der Waals surface area (Å²) in [4.78, 5) is 0. The molecule has 2 rings (SSSR count). The molecule has 0 spiro atoms. The van der Waals surface area contributed by atoms with Gasteiger partial charge in [-0.25, -0.2) is 13.1 Å². The predicted octanol–water partition coefficient (Wildman–Crippen LogP) is 1.50. The molecule has 0 radical (unpaired) electrons. The summed E-state index contributed by atoms with van der Waals surface area (Å²) in [5.41, 5.74) is 0. The number of hydrogen-bond donors (Lipinski definition) is 1. The van der Waals surface area contributed by atoms with Crippen molar-refractivity contribution in [3.63, 3.8) is 0 Å². The molecule has 14 heavy (non-hydrogen) atoms. The van der Waals surface area contributed by atoms with Gasteiger partial charge in [0.15, 0.2) is 0 Å². The average Bonchev–Trinajstić information content (AvgIpc) is 2.82. The minimum Gasteiger partial charge on any atom is -0.213 e. The van der Waals surface area contributed by atoms with Crippen molar-refractivity contribution in [1.82, 2.24) is 4.72 Å². The van der Waals surface area contributed by atoms with E-state index in [0.717, 1.165) is 12.3 Å². The molecule has 0 bridgehead atoms. The summed E-state index contributed by atoms with van der Waals surface area (Å²) in [6.45, 7) is 0. The molecule has 0 amide bonds. The lowest BCUT2D eigenvalue weighted by molar-refractivity contribution is 0.316. The summed E-state index contributed by atoms with van der Waals surface area (Å²) >= 11 is 0. The van der Waals surface area contributed by atoms with Gasteiger partial charge < -0.3 is 0 Å². The van der Waals surface area contributed by atoms with Crippen LogP contribution in [0.5, 0.6) is 0 Å². The monoisotopic (exact) mass is 217 g/mol. The molecule has 2 aliphatic rings. The highest BCUT2D eigenvalue weighted by atomic mass is 32.2. The third-order valence-corrected chi connectivity index (χ3v) is 4.19. The van der Waals surface area contributed by atoms with E-state index in [1.54, 1.807) is 0 Å². The van der Waals surface area contributed by atoms with Crippen molar-refractivity contribution in [2.75, 3.05) is 6.26 Å². The molecule has 0 aliphatic heterocycles. The molecule has 2 fully saturated rings. The fourth-order valence-corrected chi connectivity index (χ4v) is 3.53. The highest BCUT2D eigenvalue weighted by Gasteiger charge is 2.44. The molecule has 2 saturated carbocycles. The second kappa shape index (κ2) is 3.81. The molecule has 0 saturated heterocycles. The van der Waals surface area contributed by atoms with Crippen LogP contribution in [0.3, 0.4) is 0 Å². The Labute approximate surface area is 86.3 Å². The maximum Gasteiger partial charge on any atom is 0.208 e. The topological polar surface area (TPSA) is 46.2 Å². The molecule has 2 atom stereocenters. The molecule has 3 nitrogen and oxygen atoms in total. The van der Waals surface area contributed by atoms with Crippen LogP contribution in [-0.4, -0.2) is 20.7 Å². The summed E-state index contributed by atoms with van der Waals surface area (Å²) in [6, 6.07) is 0.257. The first-order valence-corrected chi connectivity index (χ1v) is 7.43. The Hall–Kier alpha value is -0.0900. The molecule has 2 aliphatic carbocycles. The molecule has 0 heterocycles. The summed E-state index contributed by atoms with van der Waals surface area (Å²) in [5, 5.41) is 0. The van der Waals surface area contributed by atoms with Crippen LogP contribution in [-0.2, 0) is 10.0 Å². The Morgan fingerprint density at radius 1 is 1.14 bits per heavy atom. The van der Waals surface area contributed by atoms with E-state index in [1.165, 1.54) is 38.4 Å². The summed E-state index contributed by atoms with van der Waals surface area (Å²) < 4.78 is 24.7. The molecule has 4 heteroatoms. The lowest BCUT2D eigenvalue weighted by Gasteiger charge is -2.21. The van der Waals surface area contributed by atoms with E-state index in [9.17, 15) is 8.42 Å². The summed E-state index contributed by atoms with van der Waals surface area (Å²) in [6.07, 6.45) is 8.99. The number of sulfonamides is 1. The highest BCUT2D eigenvalue weighted by Crippen LogP contribution is 2.44. The SMILES string of the molecule is CS(=O)(=O)NC1CC1C1CCCCC1. The van der Waals surface area contributed by atoms with Gasteiger partial charge in [-0.2, -0.15) is 0 Å². The first-order valence-electron chi connectivity index (χ1n) is 5.53. The average molecular weight is 217 g/mol. The Balaban J connectivity index is 1.80. The van der Waals surface area contributed by atoms with Crippen molar-refractivity contribution in [2.24, 2.45) is 11.8 Å². The van der Waals surface area contributed by atoms with Crippen LogP contribution in [0, 0.1) is 11.8 Å². The summed E-state index contributed by atoms with van der Waals surface area (Å²) in [7, 11) is -2.98. The van der Waals surface area contributed by atoms with E-state index in [4.69, 9.17) is 0 Å². The highest BCUT2D eigenvalue weighted by molar-refractivity contribution is 7.88. The Morgan fingerprint density at radius 2 is 1.79 bits per heavy atom. The molecule has 1 N–H and O–H groups in total. The van der Waals surface area contributed by atoms with E-state index in [2.05, 4.69) is 4.72 Å². The number of rotatable bonds is 3. The van der Waals surface area contributed by atoms with Gasteiger partial charge in [-0.3, -0.25) is 0 Å². The maximum absolute atomic E-state index is 11.0. The minimum absolute atomic E-state index is 0.257. The smallest absolute Gasteiger partial charge is 0.208 e. The van der Waals surface area contributed by atoms with Crippen LogP contribution in [0.2, 0.25) is 0 Å². The van der Waals surface area contributed by atoms with Crippen molar-refractivity contribution in [1.29, 1.82) is 0 Å². The van der Waals surface area contributed by atoms with Gasteiger partial charge in [0.2, 0.25) is 10.0 Å². The molecule has 0 aromatic carbocycles. The number of nitrogens with one attached hydrogen (secondary N) is 1. The molecule has 0 aromatic heterocycles. The van der Waals surface area contributed by atoms with Gasteiger partial charge in [-0.1, -0.05) is 32.1 Å². The van der Waals surface area contributed by atoms with Crippen LogP contribution in [0.15, 0.2) is 0 Å². The van der Waals surface area contributed by atoms with Gasteiger partial charge in [0.05, 0.1) is 6.26 Å². The predicted molar refractivity (Wildman–Crippen MR) is 56.4 cm³/mol. The fourth-order valence-electron chi connectivity index (χ4n) is 2.71. The lowest BCUT2D eigenvalue weighted by atomic mass is 9.86. The van der Waals surface area contributed by atoms with Gasteiger partial charge in [0, 0.05) is 6.04 Å². The molecule has 2 unspecified atom stereocenters. The van der Waals surface area contributed by atoms with E-state index < -0.39 is 10.0 Å². The third kappa shape index (κ3) is 2.70. The standard InChI is InChI=1S/C10H19NO2S/c1-14(12,13)11-10-7-9(10)8-5-3-2-4-6-8/h8-11H,2-7H2,1H3. The van der Waals surface area contributed by atoms with Crippen LogP contribution in [0.25, 0.3) is 0 Å². The van der Waals surface area contributed by atoms with Crippen molar-refractivity contribution in [2.45, 2.75) is 44.6 Å². The van der Waals surface area contributed by atoms with E-state index in [1.807, 2.05) is 0 Å². The van der Waals surface area contributed by atoms with Gasteiger partial charge in [0.25, 0.3) is 0 Å². The van der Waals surface area contributed by atoms with Crippen molar-refractivity contribution in [3.05, 3.63) is 0 Å². The first kappa shape index (κ1) is 10.4. The molecular weight excluding hydrogens is 198 g/mol. The Kier molecular flexibility index (Phi) is 2.84. The van der Waals surface area contributed by atoms with E-state index >= 15 is 0 Å². The quantitative estimate of drug-likeness (QED) is 0.779. The second-order valence-corrected chi connectivity index (χ2v) is 6.57. The minimum atomic E-state index is -2.98. The molecule has 82 valence electrons. The van der Waals surface area contributed by atoms with Gasteiger partial charge >= 0.3 is 0 Å². The van der Waals surface area contributed by atoms with E-state index in [-0.39, 0.29) is 6.04 Å². The third-order valence-electron chi connectivity index (χ3n) is 3.46. The number of hydrogen-bond acceptors (Lipinski definition) is 2.